The molecule has 6 nitrogen and oxygen atoms in total. The van der Waals surface area contributed by atoms with Crippen molar-refractivity contribution in [3.8, 4) is 0 Å². The minimum Gasteiger partial charge on any atom is -0.393 e. The number of carbonyl (C=O) groups excluding carboxylic acids is 1. The van der Waals surface area contributed by atoms with Gasteiger partial charge in [0.1, 0.15) is 0 Å². The number of amides is 1. The highest BCUT2D eigenvalue weighted by molar-refractivity contribution is 5.76. The van der Waals surface area contributed by atoms with Crippen molar-refractivity contribution in [2.45, 2.75) is 44.2 Å². The Balaban J connectivity index is 1.51. The van der Waals surface area contributed by atoms with Gasteiger partial charge < -0.3 is 10.4 Å². The van der Waals surface area contributed by atoms with Crippen LogP contribution in [0.5, 0.6) is 0 Å². The third-order valence-electron chi connectivity index (χ3n) is 4.63. The number of aromatic nitrogens is 1. The third kappa shape index (κ3) is 4.73. The molecule has 1 aliphatic heterocycles. The topological polar surface area (TPSA) is 74.7 Å². The standard InChI is InChI=1S/C17H25N3O3/c21-15-10-13(11-15)16(12-14-4-1-2-6-18-14)19-17(22)5-8-20-7-3-9-23-20/h1-2,4,6,13,15-16,21H,3,5,7-12H2,(H,19,22). The number of nitrogens with zero attached hydrogens (tertiary/aromatic N) is 2. The normalized spacial score (nSPS) is 25.8. The summed E-state index contributed by atoms with van der Waals surface area (Å²) in [5.74, 6) is 0.377. The van der Waals surface area contributed by atoms with Crippen LogP contribution in [0.1, 0.15) is 31.4 Å². The Morgan fingerprint density at radius 3 is 3.00 bits per heavy atom. The van der Waals surface area contributed by atoms with Crippen LogP contribution in [0, 0.1) is 5.92 Å². The maximum Gasteiger partial charge on any atom is 0.221 e. The first-order chi connectivity index (χ1) is 11.2. The highest BCUT2D eigenvalue weighted by Gasteiger charge is 2.35. The zero-order valence-corrected chi connectivity index (χ0v) is 13.4. The summed E-state index contributed by atoms with van der Waals surface area (Å²) in [5.41, 5.74) is 0.974. The lowest BCUT2D eigenvalue weighted by Gasteiger charge is -2.38. The second kappa shape index (κ2) is 7.86. The van der Waals surface area contributed by atoms with E-state index >= 15 is 0 Å². The maximum absolute atomic E-state index is 12.3. The molecule has 1 aromatic rings. The Morgan fingerprint density at radius 1 is 1.48 bits per heavy atom. The van der Waals surface area contributed by atoms with Gasteiger partial charge in [-0.25, -0.2) is 0 Å². The number of rotatable bonds is 7. The van der Waals surface area contributed by atoms with E-state index in [1.165, 1.54) is 0 Å². The zero-order valence-electron chi connectivity index (χ0n) is 13.4. The highest BCUT2D eigenvalue weighted by atomic mass is 16.7. The van der Waals surface area contributed by atoms with Gasteiger partial charge in [-0.2, -0.15) is 5.06 Å². The molecule has 2 fully saturated rings. The van der Waals surface area contributed by atoms with E-state index in [0.29, 0.717) is 25.3 Å². The van der Waals surface area contributed by atoms with E-state index in [-0.39, 0.29) is 18.1 Å². The first-order valence-electron chi connectivity index (χ1n) is 8.46. The zero-order chi connectivity index (χ0) is 16.1. The number of nitrogens with one attached hydrogen (secondary N) is 1. The molecule has 1 atom stereocenters. The number of hydrogen-bond acceptors (Lipinski definition) is 5. The van der Waals surface area contributed by atoms with Crippen molar-refractivity contribution in [3.05, 3.63) is 30.1 Å². The molecule has 3 rings (SSSR count). The minimum atomic E-state index is -0.221. The van der Waals surface area contributed by atoms with Crippen LogP contribution in [0.15, 0.2) is 24.4 Å². The van der Waals surface area contributed by atoms with Crippen molar-refractivity contribution < 1.29 is 14.7 Å². The molecule has 1 saturated heterocycles. The average Bonchev–Trinajstić information content (AvgIpc) is 3.04. The van der Waals surface area contributed by atoms with E-state index in [2.05, 4.69) is 10.3 Å². The van der Waals surface area contributed by atoms with Crippen LogP contribution in [-0.2, 0) is 16.1 Å². The fourth-order valence-electron chi connectivity index (χ4n) is 3.22. The van der Waals surface area contributed by atoms with Gasteiger partial charge in [0.15, 0.2) is 0 Å². The summed E-state index contributed by atoms with van der Waals surface area (Å²) >= 11 is 0. The molecule has 2 heterocycles. The number of carbonyl (C=O) groups is 1. The SMILES string of the molecule is O=C(CCN1CCCO1)NC(Cc1ccccn1)C1CC(O)C1. The number of pyridine rings is 1. The van der Waals surface area contributed by atoms with Gasteiger partial charge in [0.25, 0.3) is 0 Å². The van der Waals surface area contributed by atoms with Gasteiger partial charge in [0, 0.05) is 43.9 Å². The molecule has 2 N–H and O–H groups in total. The maximum atomic E-state index is 12.3. The summed E-state index contributed by atoms with van der Waals surface area (Å²) in [7, 11) is 0. The molecular formula is C17H25N3O3. The van der Waals surface area contributed by atoms with E-state index in [1.807, 2.05) is 23.3 Å². The number of aliphatic hydroxyl groups is 1. The van der Waals surface area contributed by atoms with Gasteiger partial charge in [-0.15, -0.1) is 0 Å². The Hall–Kier alpha value is -1.50. The van der Waals surface area contributed by atoms with E-state index in [4.69, 9.17) is 4.84 Å². The van der Waals surface area contributed by atoms with Crippen molar-refractivity contribution in [2.24, 2.45) is 5.92 Å². The van der Waals surface area contributed by atoms with E-state index in [9.17, 15) is 9.90 Å². The Morgan fingerprint density at radius 2 is 2.35 bits per heavy atom. The molecule has 1 aliphatic carbocycles. The molecule has 0 radical (unpaired) electrons. The van der Waals surface area contributed by atoms with Gasteiger partial charge in [0.2, 0.25) is 5.91 Å². The summed E-state index contributed by atoms with van der Waals surface area (Å²) in [6, 6.07) is 5.87. The summed E-state index contributed by atoms with van der Waals surface area (Å²) < 4.78 is 0. The lowest BCUT2D eigenvalue weighted by molar-refractivity contribution is -0.131. The average molecular weight is 319 g/mol. The second-order valence-electron chi connectivity index (χ2n) is 6.45. The number of hydrogen-bond donors (Lipinski definition) is 2. The number of aliphatic hydroxyl groups excluding tert-OH is 1. The quantitative estimate of drug-likeness (QED) is 0.781. The van der Waals surface area contributed by atoms with Crippen molar-refractivity contribution in [3.63, 3.8) is 0 Å². The van der Waals surface area contributed by atoms with Gasteiger partial charge in [0.05, 0.1) is 12.7 Å². The third-order valence-corrected chi connectivity index (χ3v) is 4.63. The first-order valence-corrected chi connectivity index (χ1v) is 8.46. The van der Waals surface area contributed by atoms with Crippen LogP contribution >= 0.6 is 0 Å². The van der Waals surface area contributed by atoms with Crippen molar-refractivity contribution in [2.75, 3.05) is 19.7 Å². The summed E-state index contributed by atoms with van der Waals surface area (Å²) in [6.07, 6.45) is 5.25. The fraction of sp³-hybridized carbons (Fsp3) is 0.647. The van der Waals surface area contributed by atoms with Crippen LogP contribution in [-0.4, -0.2) is 52.9 Å². The van der Waals surface area contributed by atoms with Gasteiger partial charge in [-0.3, -0.25) is 14.6 Å². The van der Waals surface area contributed by atoms with Crippen LogP contribution in [0.2, 0.25) is 0 Å². The van der Waals surface area contributed by atoms with Crippen molar-refractivity contribution >= 4 is 5.91 Å². The molecule has 0 aromatic carbocycles. The van der Waals surface area contributed by atoms with Crippen molar-refractivity contribution in [1.82, 2.24) is 15.4 Å². The molecule has 23 heavy (non-hydrogen) atoms. The van der Waals surface area contributed by atoms with Crippen LogP contribution < -0.4 is 5.32 Å². The molecule has 126 valence electrons. The highest BCUT2D eigenvalue weighted by Crippen LogP contribution is 2.31. The van der Waals surface area contributed by atoms with Crippen LogP contribution in [0.4, 0.5) is 0 Å². The van der Waals surface area contributed by atoms with E-state index in [0.717, 1.165) is 38.1 Å². The monoisotopic (exact) mass is 319 g/mol. The second-order valence-corrected chi connectivity index (χ2v) is 6.45. The lowest BCUT2D eigenvalue weighted by atomic mass is 9.76. The Labute approximate surface area is 136 Å². The first kappa shape index (κ1) is 16.4. The molecule has 6 heteroatoms. The van der Waals surface area contributed by atoms with Crippen molar-refractivity contribution in [1.29, 1.82) is 0 Å². The molecule has 0 spiro atoms. The molecule has 1 unspecified atom stereocenters. The number of hydroxylamine groups is 2. The summed E-state index contributed by atoms with van der Waals surface area (Å²) in [5, 5.41) is 14.6. The van der Waals surface area contributed by atoms with E-state index in [1.54, 1.807) is 6.20 Å². The Kier molecular flexibility index (Phi) is 5.59. The molecular weight excluding hydrogens is 294 g/mol. The molecule has 1 amide bonds. The van der Waals surface area contributed by atoms with Crippen LogP contribution in [0.3, 0.4) is 0 Å². The van der Waals surface area contributed by atoms with Gasteiger partial charge in [-0.1, -0.05) is 6.07 Å². The summed E-state index contributed by atoms with van der Waals surface area (Å²) in [6.45, 7) is 2.29. The van der Waals surface area contributed by atoms with Gasteiger partial charge >= 0.3 is 0 Å². The largest absolute Gasteiger partial charge is 0.393 e. The Bertz CT molecular complexity index is 499. The predicted octanol–water partition coefficient (Wildman–Crippen LogP) is 0.907. The molecule has 2 aliphatic rings. The lowest BCUT2D eigenvalue weighted by Crippen LogP contribution is -2.48. The van der Waals surface area contributed by atoms with E-state index < -0.39 is 0 Å². The van der Waals surface area contributed by atoms with Gasteiger partial charge in [-0.05, 0) is 37.3 Å². The molecule has 0 bridgehead atoms. The summed E-state index contributed by atoms with van der Waals surface area (Å²) in [4.78, 5) is 22.0. The van der Waals surface area contributed by atoms with Crippen LogP contribution in [0.25, 0.3) is 0 Å². The molecule has 1 aromatic heterocycles. The fourth-order valence-corrected chi connectivity index (χ4v) is 3.22. The molecule has 1 saturated carbocycles. The minimum absolute atomic E-state index is 0.0419. The smallest absolute Gasteiger partial charge is 0.221 e. The predicted molar refractivity (Wildman–Crippen MR) is 85.4 cm³/mol.